The number of nitrogens with zero attached hydrogens (tertiary/aromatic N) is 1. The van der Waals surface area contributed by atoms with Gasteiger partial charge in [-0.25, -0.2) is 4.39 Å². The number of aromatic nitrogens is 1. The predicted molar refractivity (Wildman–Crippen MR) is 74.0 cm³/mol. The van der Waals surface area contributed by atoms with Crippen LogP contribution in [0.3, 0.4) is 0 Å². The number of carbonyl (C=O) groups is 1. The third kappa shape index (κ3) is 1.59. The summed E-state index contributed by atoms with van der Waals surface area (Å²) in [6.07, 6.45) is 3.93. The standard InChI is InChI=1S/C15H16FN3O/c16-9-1-2-10-11(6-18-14(10)5-9)12-7-17-13-3-4-19(8-20)15(12)13/h1-2,5-6,8,12-13,15,17-18H,3-4,7H2/t12?,13-,15-/m1/s1. The Morgan fingerprint density at radius 2 is 2.30 bits per heavy atom. The van der Waals surface area contributed by atoms with Gasteiger partial charge in [0.1, 0.15) is 5.82 Å². The summed E-state index contributed by atoms with van der Waals surface area (Å²) in [7, 11) is 0. The minimum atomic E-state index is -0.233. The molecule has 0 radical (unpaired) electrons. The van der Waals surface area contributed by atoms with Crippen molar-refractivity contribution in [3.8, 4) is 0 Å². The van der Waals surface area contributed by atoms with Gasteiger partial charge in [0.05, 0.1) is 6.04 Å². The van der Waals surface area contributed by atoms with Crippen LogP contribution in [0.5, 0.6) is 0 Å². The van der Waals surface area contributed by atoms with Crippen LogP contribution in [0, 0.1) is 5.82 Å². The molecule has 2 saturated heterocycles. The highest BCUT2D eigenvalue weighted by Crippen LogP contribution is 2.37. The van der Waals surface area contributed by atoms with Crippen molar-refractivity contribution in [3.05, 3.63) is 35.8 Å². The van der Waals surface area contributed by atoms with E-state index >= 15 is 0 Å². The smallest absolute Gasteiger partial charge is 0.210 e. The molecule has 3 atom stereocenters. The Morgan fingerprint density at radius 3 is 3.15 bits per heavy atom. The van der Waals surface area contributed by atoms with Crippen molar-refractivity contribution in [1.82, 2.24) is 15.2 Å². The number of hydrogen-bond donors (Lipinski definition) is 2. The number of likely N-dealkylation sites (tertiary alicyclic amines) is 1. The normalized spacial score (nSPS) is 29.1. The highest BCUT2D eigenvalue weighted by molar-refractivity contribution is 5.84. The Kier molecular flexibility index (Phi) is 2.57. The van der Waals surface area contributed by atoms with E-state index in [9.17, 15) is 9.18 Å². The average Bonchev–Trinajstić information content (AvgIpc) is 3.11. The molecule has 2 N–H and O–H groups in total. The first-order chi connectivity index (χ1) is 9.78. The number of fused-ring (bicyclic) bond motifs is 2. The number of halogens is 1. The van der Waals surface area contributed by atoms with Gasteiger partial charge >= 0.3 is 0 Å². The molecule has 5 heteroatoms. The maximum Gasteiger partial charge on any atom is 0.210 e. The maximum absolute atomic E-state index is 13.3. The van der Waals surface area contributed by atoms with Gasteiger partial charge in [-0.05, 0) is 30.2 Å². The second-order valence-corrected chi connectivity index (χ2v) is 5.68. The average molecular weight is 273 g/mol. The zero-order valence-corrected chi connectivity index (χ0v) is 11.0. The van der Waals surface area contributed by atoms with Crippen molar-refractivity contribution in [2.75, 3.05) is 13.1 Å². The van der Waals surface area contributed by atoms with Crippen LogP contribution in [-0.2, 0) is 4.79 Å². The first kappa shape index (κ1) is 11.9. The van der Waals surface area contributed by atoms with Crippen molar-refractivity contribution in [1.29, 1.82) is 0 Å². The minimum absolute atomic E-state index is 0.219. The van der Waals surface area contributed by atoms with Crippen LogP contribution < -0.4 is 5.32 Å². The number of benzene rings is 1. The van der Waals surface area contributed by atoms with Crippen LogP contribution >= 0.6 is 0 Å². The van der Waals surface area contributed by atoms with Crippen LogP contribution in [0.25, 0.3) is 10.9 Å². The molecule has 4 nitrogen and oxygen atoms in total. The summed E-state index contributed by atoms with van der Waals surface area (Å²) in [5, 5.41) is 4.56. The van der Waals surface area contributed by atoms with Gasteiger partial charge in [-0.1, -0.05) is 0 Å². The van der Waals surface area contributed by atoms with E-state index < -0.39 is 0 Å². The molecule has 1 unspecified atom stereocenters. The van der Waals surface area contributed by atoms with E-state index in [0.29, 0.717) is 6.04 Å². The molecule has 1 amide bonds. The number of amides is 1. The molecule has 3 heterocycles. The van der Waals surface area contributed by atoms with E-state index in [2.05, 4.69) is 10.3 Å². The van der Waals surface area contributed by atoms with E-state index in [1.807, 2.05) is 17.2 Å². The number of H-pyrrole nitrogens is 1. The van der Waals surface area contributed by atoms with Crippen LogP contribution in [0.2, 0.25) is 0 Å². The number of hydrogen-bond acceptors (Lipinski definition) is 2. The fraction of sp³-hybridized carbons (Fsp3) is 0.400. The monoisotopic (exact) mass is 273 g/mol. The van der Waals surface area contributed by atoms with Crippen molar-refractivity contribution < 1.29 is 9.18 Å². The molecule has 20 heavy (non-hydrogen) atoms. The highest BCUT2D eigenvalue weighted by Gasteiger charge is 2.44. The van der Waals surface area contributed by atoms with Crippen molar-refractivity contribution >= 4 is 17.3 Å². The van der Waals surface area contributed by atoms with Gasteiger partial charge in [0.25, 0.3) is 0 Å². The van der Waals surface area contributed by atoms with Crippen molar-refractivity contribution in [3.63, 3.8) is 0 Å². The van der Waals surface area contributed by atoms with Gasteiger partial charge < -0.3 is 15.2 Å². The SMILES string of the molecule is O=CN1CC[C@H]2NCC(c3c[nH]c4cc(F)ccc34)[C@H]21. The Morgan fingerprint density at radius 1 is 1.40 bits per heavy atom. The molecule has 2 aliphatic rings. The molecule has 0 aliphatic carbocycles. The summed E-state index contributed by atoms with van der Waals surface area (Å²) in [5.74, 6) is 0.0376. The third-order valence-electron chi connectivity index (χ3n) is 4.72. The summed E-state index contributed by atoms with van der Waals surface area (Å²) in [6, 6.07) is 5.44. The van der Waals surface area contributed by atoms with E-state index in [-0.39, 0.29) is 17.8 Å². The molecule has 0 spiro atoms. The summed E-state index contributed by atoms with van der Waals surface area (Å²) >= 11 is 0. The molecule has 2 aromatic rings. The maximum atomic E-state index is 13.3. The fourth-order valence-corrected chi connectivity index (χ4v) is 3.82. The topological polar surface area (TPSA) is 48.1 Å². The van der Waals surface area contributed by atoms with Crippen LogP contribution in [0.4, 0.5) is 4.39 Å². The second-order valence-electron chi connectivity index (χ2n) is 5.68. The molecule has 1 aromatic heterocycles. The third-order valence-corrected chi connectivity index (χ3v) is 4.72. The Bertz CT molecular complexity index is 668. The predicted octanol–water partition coefficient (Wildman–Crippen LogP) is 1.59. The first-order valence-corrected chi connectivity index (χ1v) is 6.99. The van der Waals surface area contributed by atoms with Gasteiger partial charge in [-0.2, -0.15) is 0 Å². The van der Waals surface area contributed by atoms with E-state index in [0.717, 1.165) is 36.8 Å². The summed E-state index contributed by atoms with van der Waals surface area (Å²) in [5.41, 5.74) is 1.99. The lowest BCUT2D eigenvalue weighted by Gasteiger charge is -2.25. The van der Waals surface area contributed by atoms with Gasteiger partial charge in [-0.15, -0.1) is 0 Å². The number of nitrogens with one attached hydrogen (secondary N) is 2. The molecule has 2 aliphatic heterocycles. The summed E-state index contributed by atoms with van der Waals surface area (Å²) < 4.78 is 13.3. The first-order valence-electron chi connectivity index (χ1n) is 6.99. The number of aromatic amines is 1. The largest absolute Gasteiger partial charge is 0.361 e. The zero-order valence-electron chi connectivity index (χ0n) is 11.0. The molecule has 0 saturated carbocycles. The molecular formula is C15H16FN3O. The summed E-state index contributed by atoms with van der Waals surface area (Å²) in [4.78, 5) is 16.3. The van der Waals surface area contributed by atoms with Gasteiger partial charge in [0.15, 0.2) is 0 Å². The lowest BCUT2D eigenvalue weighted by molar-refractivity contribution is -0.119. The summed E-state index contributed by atoms with van der Waals surface area (Å²) in [6.45, 7) is 1.68. The molecular weight excluding hydrogens is 257 g/mol. The quantitative estimate of drug-likeness (QED) is 0.816. The number of rotatable bonds is 2. The fourth-order valence-electron chi connectivity index (χ4n) is 3.82. The highest BCUT2D eigenvalue weighted by atomic mass is 19.1. The van der Waals surface area contributed by atoms with Gasteiger partial charge in [0.2, 0.25) is 6.41 Å². The Labute approximate surface area is 116 Å². The number of carbonyl (C=O) groups excluding carboxylic acids is 1. The lowest BCUT2D eigenvalue weighted by atomic mass is 9.91. The van der Waals surface area contributed by atoms with Crippen molar-refractivity contribution in [2.45, 2.75) is 24.4 Å². The van der Waals surface area contributed by atoms with Crippen molar-refractivity contribution in [2.24, 2.45) is 0 Å². The van der Waals surface area contributed by atoms with E-state index in [1.54, 1.807) is 0 Å². The molecule has 2 fully saturated rings. The molecule has 1 aromatic carbocycles. The molecule has 104 valence electrons. The Balaban J connectivity index is 1.77. The van der Waals surface area contributed by atoms with Gasteiger partial charge in [0, 0.05) is 42.1 Å². The lowest BCUT2D eigenvalue weighted by Crippen LogP contribution is -2.36. The second kappa shape index (κ2) is 4.31. The van der Waals surface area contributed by atoms with Crippen LogP contribution in [0.15, 0.2) is 24.4 Å². The van der Waals surface area contributed by atoms with Gasteiger partial charge in [-0.3, -0.25) is 4.79 Å². The van der Waals surface area contributed by atoms with Crippen LogP contribution in [0.1, 0.15) is 17.9 Å². The zero-order chi connectivity index (χ0) is 13.7. The van der Waals surface area contributed by atoms with E-state index in [1.165, 1.54) is 17.7 Å². The Hall–Kier alpha value is -1.88. The molecule has 0 bridgehead atoms. The van der Waals surface area contributed by atoms with E-state index in [4.69, 9.17) is 0 Å². The van der Waals surface area contributed by atoms with Crippen LogP contribution in [-0.4, -0.2) is 41.5 Å². The minimum Gasteiger partial charge on any atom is -0.361 e. The molecule has 4 rings (SSSR count).